The van der Waals surface area contributed by atoms with Crippen molar-refractivity contribution in [2.24, 2.45) is 0 Å². The van der Waals surface area contributed by atoms with Crippen molar-refractivity contribution in [3.8, 4) is 0 Å². The smallest absolute Gasteiger partial charge is 0.362 e. The van der Waals surface area contributed by atoms with Crippen LogP contribution in [-0.4, -0.2) is 26.8 Å². The number of nitro groups is 1. The van der Waals surface area contributed by atoms with Crippen molar-refractivity contribution in [1.82, 2.24) is 4.98 Å². The standard InChI is InChI=1S/C17H14N2O6S/c20-15-5-8-17(25-15,26-14-6-9-18-10-7-14)16(21)24-11-12-1-3-13(4-2-12)19(22)23/h1-4,6-7,9-10H,5,8,11H2. The molecule has 26 heavy (non-hydrogen) atoms. The highest BCUT2D eigenvalue weighted by molar-refractivity contribution is 8.01. The summed E-state index contributed by atoms with van der Waals surface area (Å²) in [5.74, 6) is -1.12. The van der Waals surface area contributed by atoms with Crippen LogP contribution in [0.1, 0.15) is 18.4 Å². The molecule has 2 heterocycles. The number of non-ortho nitro benzene ring substituents is 1. The number of nitro benzene ring substituents is 1. The number of carbonyl (C=O) groups is 2. The lowest BCUT2D eigenvalue weighted by atomic mass is 10.2. The van der Waals surface area contributed by atoms with Crippen molar-refractivity contribution in [2.45, 2.75) is 29.3 Å². The number of rotatable bonds is 6. The van der Waals surface area contributed by atoms with E-state index in [1.807, 2.05) is 0 Å². The Kier molecular flexibility index (Phi) is 5.17. The van der Waals surface area contributed by atoms with Gasteiger partial charge in [0.05, 0.1) is 11.3 Å². The molecule has 1 fully saturated rings. The van der Waals surface area contributed by atoms with Crippen LogP contribution in [0.25, 0.3) is 0 Å². The minimum Gasteiger partial charge on any atom is -0.457 e. The maximum atomic E-state index is 12.6. The first kappa shape index (κ1) is 17.9. The zero-order valence-corrected chi connectivity index (χ0v) is 14.3. The summed E-state index contributed by atoms with van der Waals surface area (Å²) in [5, 5.41) is 10.7. The third kappa shape index (κ3) is 3.99. The van der Waals surface area contributed by atoms with Gasteiger partial charge < -0.3 is 9.47 Å². The van der Waals surface area contributed by atoms with Gasteiger partial charge >= 0.3 is 11.9 Å². The van der Waals surface area contributed by atoms with Crippen LogP contribution in [0, 0.1) is 10.1 Å². The molecule has 2 aromatic rings. The van der Waals surface area contributed by atoms with E-state index in [9.17, 15) is 19.7 Å². The Labute approximate surface area is 152 Å². The van der Waals surface area contributed by atoms with Crippen molar-refractivity contribution in [2.75, 3.05) is 0 Å². The number of aromatic nitrogens is 1. The van der Waals surface area contributed by atoms with Gasteiger partial charge in [0.2, 0.25) is 0 Å². The fourth-order valence-electron chi connectivity index (χ4n) is 2.38. The Hall–Kier alpha value is -2.94. The van der Waals surface area contributed by atoms with E-state index in [1.165, 1.54) is 24.3 Å². The van der Waals surface area contributed by atoms with E-state index in [0.29, 0.717) is 5.56 Å². The summed E-state index contributed by atoms with van der Waals surface area (Å²) in [7, 11) is 0. The molecule has 134 valence electrons. The molecule has 8 nitrogen and oxygen atoms in total. The van der Waals surface area contributed by atoms with Crippen molar-refractivity contribution in [1.29, 1.82) is 0 Å². The molecule has 0 N–H and O–H groups in total. The van der Waals surface area contributed by atoms with Gasteiger partial charge in [-0.1, -0.05) is 11.8 Å². The van der Waals surface area contributed by atoms with Crippen LogP contribution in [0.4, 0.5) is 5.69 Å². The van der Waals surface area contributed by atoms with Crippen LogP contribution in [0.15, 0.2) is 53.7 Å². The average molecular weight is 374 g/mol. The Morgan fingerprint density at radius 2 is 1.96 bits per heavy atom. The molecule has 1 aliphatic heterocycles. The van der Waals surface area contributed by atoms with E-state index in [2.05, 4.69) is 4.98 Å². The lowest BCUT2D eigenvalue weighted by molar-refractivity contribution is -0.384. The van der Waals surface area contributed by atoms with Gasteiger partial charge in [-0.2, -0.15) is 0 Å². The maximum absolute atomic E-state index is 12.6. The van der Waals surface area contributed by atoms with Gasteiger partial charge in [-0.05, 0) is 29.8 Å². The Balaban J connectivity index is 1.70. The number of nitrogens with zero attached hydrogens (tertiary/aromatic N) is 2. The Morgan fingerprint density at radius 3 is 2.54 bits per heavy atom. The van der Waals surface area contributed by atoms with Gasteiger partial charge in [0, 0.05) is 35.8 Å². The van der Waals surface area contributed by atoms with Gasteiger partial charge in [0.25, 0.3) is 10.6 Å². The molecule has 3 rings (SSSR count). The highest BCUT2D eigenvalue weighted by atomic mass is 32.2. The predicted molar refractivity (Wildman–Crippen MR) is 91.0 cm³/mol. The molecular formula is C17H14N2O6S. The second-order valence-corrected chi connectivity index (χ2v) is 6.85. The van der Waals surface area contributed by atoms with Crippen LogP contribution in [0.5, 0.6) is 0 Å². The second kappa shape index (κ2) is 7.52. The van der Waals surface area contributed by atoms with E-state index in [-0.39, 0.29) is 25.1 Å². The molecule has 1 saturated heterocycles. The quantitative estimate of drug-likeness (QED) is 0.431. The first-order valence-corrected chi connectivity index (χ1v) is 8.52. The summed E-state index contributed by atoms with van der Waals surface area (Å²) < 4.78 is 10.6. The Bertz CT molecular complexity index is 827. The van der Waals surface area contributed by atoms with Crippen molar-refractivity contribution < 1.29 is 24.0 Å². The maximum Gasteiger partial charge on any atom is 0.362 e. The molecule has 9 heteroatoms. The molecule has 0 aliphatic carbocycles. The monoisotopic (exact) mass is 374 g/mol. The Morgan fingerprint density at radius 1 is 1.27 bits per heavy atom. The van der Waals surface area contributed by atoms with E-state index >= 15 is 0 Å². The number of cyclic esters (lactones) is 1. The van der Waals surface area contributed by atoms with E-state index in [0.717, 1.165) is 16.7 Å². The van der Waals surface area contributed by atoms with Crippen molar-refractivity contribution in [3.63, 3.8) is 0 Å². The molecule has 1 unspecified atom stereocenters. The van der Waals surface area contributed by atoms with E-state index in [1.54, 1.807) is 24.5 Å². The zero-order chi connectivity index (χ0) is 18.6. The van der Waals surface area contributed by atoms with Gasteiger partial charge in [-0.3, -0.25) is 19.9 Å². The first-order valence-electron chi connectivity index (χ1n) is 7.70. The molecule has 1 aromatic heterocycles. The number of carbonyl (C=O) groups excluding carboxylic acids is 2. The molecule has 0 spiro atoms. The number of hydrogen-bond donors (Lipinski definition) is 0. The summed E-state index contributed by atoms with van der Waals surface area (Å²) in [4.78, 5) is 37.6. The van der Waals surface area contributed by atoms with Crippen LogP contribution < -0.4 is 0 Å². The molecule has 0 bridgehead atoms. The fraction of sp³-hybridized carbons (Fsp3) is 0.235. The van der Waals surface area contributed by atoms with Gasteiger partial charge in [-0.25, -0.2) is 4.79 Å². The SMILES string of the molecule is O=C1CCC(Sc2ccncc2)(C(=O)OCc2ccc([N+](=O)[O-])cc2)O1. The van der Waals surface area contributed by atoms with Crippen LogP contribution in [-0.2, 0) is 25.7 Å². The number of hydrogen-bond acceptors (Lipinski definition) is 8. The number of thioether (sulfide) groups is 1. The topological polar surface area (TPSA) is 109 Å². The second-order valence-electron chi connectivity index (χ2n) is 5.51. The minimum atomic E-state index is -1.43. The average Bonchev–Trinajstić information content (AvgIpc) is 3.02. The molecular weight excluding hydrogens is 360 g/mol. The van der Waals surface area contributed by atoms with Gasteiger partial charge in [0.1, 0.15) is 6.61 Å². The van der Waals surface area contributed by atoms with Crippen molar-refractivity contribution in [3.05, 3.63) is 64.5 Å². The highest BCUT2D eigenvalue weighted by Crippen LogP contribution is 2.43. The van der Waals surface area contributed by atoms with Gasteiger partial charge in [0.15, 0.2) is 0 Å². The fourth-order valence-corrected chi connectivity index (χ4v) is 3.50. The number of ether oxygens (including phenoxy) is 2. The summed E-state index contributed by atoms with van der Waals surface area (Å²) >= 11 is 1.11. The van der Waals surface area contributed by atoms with E-state index < -0.39 is 21.8 Å². The molecule has 0 amide bonds. The molecule has 1 aliphatic rings. The van der Waals surface area contributed by atoms with Crippen LogP contribution in [0.2, 0.25) is 0 Å². The van der Waals surface area contributed by atoms with Crippen LogP contribution in [0.3, 0.4) is 0 Å². The number of pyridine rings is 1. The van der Waals surface area contributed by atoms with Gasteiger partial charge in [-0.15, -0.1) is 0 Å². The van der Waals surface area contributed by atoms with Crippen LogP contribution >= 0.6 is 11.8 Å². The third-order valence-corrected chi connectivity index (χ3v) is 4.99. The molecule has 1 atom stereocenters. The molecule has 0 radical (unpaired) electrons. The lowest BCUT2D eigenvalue weighted by Gasteiger charge is -2.24. The minimum absolute atomic E-state index is 0.0467. The van der Waals surface area contributed by atoms with Crippen molar-refractivity contribution >= 4 is 29.4 Å². The molecule has 0 saturated carbocycles. The summed E-state index contributed by atoms with van der Waals surface area (Å²) in [6.07, 6.45) is 3.49. The summed E-state index contributed by atoms with van der Waals surface area (Å²) in [5.41, 5.74) is 0.548. The predicted octanol–water partition coefficient (Wildman–Crippen LogP) is 2.86. The normalized spacial score (nSPS) is 19.0. The number of esters is 2. The largest absolute Gasteiger partial charge is 0.457 e. The highest BCUT2D eigenvalue weighted by Gasteiger charge is 2.50. The zero-order valence-electron chi connectivity index (χ0n) is 13.5. The number of benzene rings is 1. The molecule has 1 aromatic carbocycles. The lowest BCUT2D eigenvalue weighted by Crippen LogP contribution is -2.36. The van der Waals surface area contributed by atoms with E-state index in [4.69, 9.17) is 9.47 Å². The summed E-state index contributed by atoms with van der Waals surface area (Å²) in [6.45, 7) is -0.0764. The first-order chi connectivity index (χ1) is 12.5. The summed E-state index contributed by atoms with van der Waals surface area (Å²) in [6, 6.07) is 9.11. The third-order valence-electron chi connectivity index (χ3n) is 3.70.